The van der Waals surface area contributed by atoms with Crippen molar-refractivity contribution in [1.82, 2.24) is 24.5 Å². The number of rotatable bonds is 6. The number of benzene rings is 1. The molecule has 0 unspecified atom stereocenters. The maximum Gasteiger partial charge on any atom is 0.352 e. The van der Waals surface area contributed by atoms with E-state index in [9.17, 15) is 9.59 Å². The molecule has 1 aliphatic rings. The minimum atomic E-state index is -0.390. The van der Waals surface area contributed by atoms with Gasteiger partial charge in [0.05, 0.1) is 18.9 Å². The van der Waals surface area contributed by atoms with Crippen LogP contribution in [0.2, 0.25) is 0 Å². The highest BCUT2D eigenvalue weighted by molar-refractivity contribution is 5.75. The number of aromatic nitrogens is 4. The van der Waals surface area contributed by atoms with Gasteiger partial charge >= 0.3 is 5.69 Å². The van der Waals surface area contributed by atoms with Crippen LogP contribution in [0.4, 0.5) is 0 Å². The van der Waals surface area contributed by atoms with Crippen molar-refractivity contribution in [2.24, 2.45) is 0 Å². The largest absolute Gasteiger partial charge is 0.497 e. The van der Waals surface area contributed by atoms with Crippen LogP contribution in [0.3, 0.4) is 0 Å². The van der Waals surface area contributed by atoms with E-state index in [0.29, 0.717) is 23.7 Å². The van der Waals surface area contributed by atoms with Gasteiger partial charge in [0.15, 0.2) is 5.65 Å². The SMILES string of the molecule is COc1ccc(-c2cc3nn(CC(=O)NC[C@@H]4CCCO4)c(=O)n3c(C)n2)cc1. The van der Waals surface area contributed by atoms with Gasteiger partial charge in [-0.2, -0.15) is 0 Å². The summed E-state index contributed by atoms with van der Waals surface area (Å²) in [7, 11) is 1.61. The molecular weight excluding hydrogens is 374 g/mol. The second-order valence-corrected chi connectivity index (χ2v) is 6.99. The minimum Gasteiger partial charge on any atom is -0.497 e. The number of nitrogens with zero attached hydrogens (tertiary/aromatic N) is 4. The Labute approximate surface area is 167 Å². The van der Waals surface area contributed by atoms with Crippen LogP contribution >= 0.6 is 0 Å². The predicted molar refractivity (Wildman–Crippen MR) is 106 cm³/mol. The van der Waals surface area contributed by atoms with E-state index < -0.39 is 5.69 Å². The second kappa shape index (κ2) is 8.04. The summed E-state index contributed by atoms with van der Waals surface area (Å²) < 4.78 is 13.2. The van der Waals surface area contributed by atoms with E-state index in [1.807, 2.05) is 24.3 Å². The van der Waals surface area contributed by atoms with Crippen LogP contribution in [-0.4, -0.2) is 51.4 Å². The summed E-state index contributed by atoms with van der Waals surface area (Å²) in [4.78, 5) is 29.4. The number of carbonyl (C=O) groups is 1. The predicted octanol–water partition coefficient (Wildman–Crippen LogP) is 1.17. The standard InChI is InChI=1S/C20H23N5O4/c1-13-22-17(14-5-7-15(28-2)8-6-14)10-18-23-24(20(27)25(13)18)12-19(26)21-11-16-4-3-9-29-16/h5-8,10,16H,3-4,9,11-12H2,1-2H3,(H,21,26)/t16-/m0/s1. The molecule has 3 aromatic rings. The number of nitrogens with one attached hydrogen (secondary N) is 1. The molecular formula is C20H23N5O4. The normalized spacial score (nSPS) is 16.3. The minimum absolute atomic E-state index is 0.0511. The average Bonchev–Trinajstić information content (AvgIpc) is 3.35. The molecule has 4 rings (SSSR count). The van der Waals surface area contributed by atoms with Gasteiger partial charge in [0.2, 0.25) is 5.91 Å². The fourth-order valence-corrected chi connectivity index (χ4v) is 3.44. The molecule has 1 amide bonds. The van der Waals surface area contributed by atoms with Crippen molar-refractivity contribution < 1.29 is 14.3 Å². The summed E-state index contributed by atoms with van der Waals surface area (Å²) in [6, 6.07) is 9.21. The number of methoxy groups -OCH3 is 1. The Bertz CT molecular complexity index is 1080. The Hall–Kier alpha value is -3.20. The summed E-state index contributed by atoms with van der Waals surface area (Å²) in [5.41, 5.74) is 1.63. The highest BCUT2D eigenvalue weighted by Gasteiger charge is 2.18. The number of aryl methyl sites for hydroxylation is 1. The first-order valence-electron chi connectivity index (χ1n) is 9.55. The summed E-state index contributed by atoms with van der Waals surface area (Å²) in [5.74, 6) is 0.984. The number of carbonyl (C=O) groups excluding carboxylic acids is 1. The zero-order valence-corrected chi connectivity index (χ0v) is 16.4. The molecule has 0 saturated carbocycles. The van der Waals surface area contributed by atoms with E-state index in [1.54, 1.807) is 20.1 Å². The van der Waals surface area contributed by atoms with Crippen molar-refractivity contribution in [2.75, 3.05) is 20.3 Å². The molecule has 0 radical (unpaired) electrons. The highest BCUT2D eigenvalue weighted by atomic mass is 16.5. The highest BCUT2D eigenvalue weighted by Crippen LogP contribution is 2.21. The van der Waals surface area contributed by atoms with E-state index in [-0.39, 0.29) is 18.6 Å². The number of amides is 1. The lowest BCUT2D eigenvalue weighted by Crippen LogP contribution is -2.36. The van der Waals surface area contributed by atoms with Crippen LogP contribution in [0.25, 0.3) is 16.9 Å². The van der Waals surface area contributed by atoms with Crippen LogP contribution in [0, 0.1) is 6.92 Å². The third-order valence-electron chi connectivity index (χ3n) is 4.97. The Morgan fingerprint density at radius 2 is 2.14 bits per heavy atom. The number of fused-ring (bicyclic) bond motifs is 1. The zero-order valence-electron chi connectivity index (χ0n) is 16.4. The van der Waals surface area contributed by atoms with Crippen LogP contribution in [0.5, 0.6) is 5.75 Å². The van der Waals surface area contributed by atoms with Crippen molar-refractivity contribution in [2.45, 2.75) is 32.4 Å². The number of ether oxygens (including phenoxy) is 2. The molecule has 1 aliphatic heterocycles. The lowest BCUT2D eigenvalue weighted by molar-refractivity contribution is -0.122. The van der Waals surface area contributed by atoms with Gasteiger partial charge < -0.3 is 14.8 Å². The maximum atomic E-state index is 12.7. The van der Waals surface area contributed by atoms with Gasteiger partial charge in [-0.1, -0.05) is 0 Å². The monoisotopic (exact) mass is 397 g/mol. The maximum absolute atomic E-state index is 12.7. The summed E-state index contributed by atoms with van der Waals surface area (Å²) in [6.07, 6.45) is 2.00. The van der Waals surface area contributed by atoms with Crippen LogP contribution in [0.1, 0.15) is 18.7 Å². The molecule has 3 heterocycles. The third kappa shape index (κ3) is 4.00. The second-order valence-electron chi connectivity index (χ2n) is 6.99. The molecule has 9 nitrogen and oxygen atoms in total. The Kier molecular flexibility index (Phi) is 5.30. The van der Waals surface area contributed by atoms with Crippen molar-refractivity contribution in [3.63, 3.8) is 0 Å². The number of hydrogen-bond donors (Lipinski definition) is 1. The van der Waals surface area contributed by atoms with Gasteiger partial charge in [0, 0.05) is 24.8 Å². The quantitative estimate of drug-likeness (QED) is 0.670. The molecule has 1 atom stereocenters. The van der Waals surface area contributed by atoms with E-state index >= 15 is 0 Å². The molecule has 0 aliphatic carbocycles. The summed E-state index contributed by atoms with van der Waals surface area (Å²) in [5, 5.41) is 7.13. The summed E-state index contributed by atoms with van der Waals surface area (Å²) in [6.45, 7) is 2.77. The van der Waals surface area contributed by atoms with E-state index in [0.717, 1.165) is 35.4 Å². The first-order chi connectivity index (χ1) is 14.0. The fourth-order valence-electron chi connectivity index (χ4n) is 3.44. The third-order valence-corrected chi connectivity index (χ3v) is 4.97. The number of hydrogen-bond acceptors (Lipinski definition) is 6. The zero-order chi connectivity index (χ0) is 20.4. The molecule has 1 saturated heterocycles. The van der Waals surface area contributed by atoms with Crippen LogP contribution in [0.15, 0.2) is 35.1 Å². The molecule has 9 heteroatoms. The van der Waals surface area contributed by atoms with Gasteiger partial charge in [-0.15, -0.1) is 5.10 Å². The molecule has 2 aromatic heterocycles. The Morgan fingerprint density at radius 1 is 1.34 bits per heavy atom. The van der Waals surface area contributed by atoms with E-state index in [1.165, 1.54) is 4.40 Å². The molecule has 1 fully saturated rings. The Morgan fingerprint density at radius 3 is 2.83 bits per heavy atom. The van der Waals surface area contributed by atoms with Crippen molar-refractivity contribution in [1.29, 1.82) is 0 Å². The van der Waals surface area contributed by atoms with E-state index in [4.69, 9.17) is 9.47 Å². The first-order valence-corrected chi connectivity index (χ1v) is 9.55. The van der Waals surface area contributed by atoms with Gasteiger partial charge in [-0.25, -0.2) is 18.9 Å². The molecule has 0 spiro atoms. The van der Waals surface area contributed by atoms with Crippen LogP contribution < -0.4 is 15.7 Å². The summed E-state index contributed by atoms with van der Waals surface area (Å²) >= 11 is 0. The van der Waals surface area contributed by atoms with Crippen molar-refractivity contribution >= 4 is 11.6 Å². The lowest BCUT2D eigenvalue weighted by atomic mass is 10.1. The molecule has 29 heavy (non-hydrogen) atoms. The Balaban J connectivity index is 1.56. The van der Waals surface area contributed by atoms with Crippen molar-refractivity contribution in [3.8, 4) is 17.0 Å². The molecule has 152 valence electrons. The van der Waals surface area contributed by atoms with Crippen molar-refractivity contribution in [3.05, 3.63) is 46.6 Å². The topological polar surface area (TPSA) is 99.8 Å². The first kappa shape index (κ1) is 19.1. The average molecular weight is 397 g/mol. The molecule has 1 N–H and O–H groups in total. The molecule has 1 aromatic carbocycles. The van der Waals surface area contributed by atoms with Gasteiger partial charge in [0.25, 0.3) is 0 Å². The molecule has 0 bridgehead atoms. The fraction of sp³-hybridized carbons (Fsp3) is 0.400. The lowest BCUT2D eigenvalue weighted by Gasteiger charge is -2.10. The van der Waals surface area contributed by atoms with Crippen LogP contribution in [-0.2, 0) is 16.1 Å². The van der Waals surface area contributed by atoms with Gasteiger partial charge in [-0.05, 0) is 44.0 Å². The van der Waals surface area contributed by atoms with E-state index in [2.05, 4.69) is 15.4 Å². The van der Waals surface area contributed by atoms with Gasteiger partial charge in [-0.3, -0.25) is 4.79 Å². The smallest absolute Gasteiger partial charge is 0.352 e. The van der Waals surface area contributed by atoms with Gasteiger partial charge in [0.1, 0.15) is 18.1 Å².